The fourth-order valence-corrected chi connectivity index (χ4v) is 1.78. The van der Waals surface area contributed by atoms with E-state index in [4.69, 9.17) is 14.2 Å². The normalized spacial score (nSPS) is 10.3. The highest BCUT2D eigenvalue weighted by atomic mass is 16.5. The number of hydrogen-bond donors (Lipinski definition) is 0. The zero-order valence-corrected chi connectivity index (χ0v) is 12.6. The van der Waals surface area contributed by atoms with Crippen molar-refractivity contribution in [2.75, 3.05) is 26.4 Å². The first-order chi connectivity index (χ1) is 9.72. The lowest BCUT2D eigenvalue weighted by Crippen LogP contribution is -2.06. The molecule has 112 valence electrons. The highest BCUT2D eigenvalue weighted by Crippen LogP contribution is 2.28. The molecule has 4 nitrogen and oxygen atoms in total. The van der Waals surface area contributed by atoms with E-state index >= 15 is 0 Å². The van der Waals surface area contributed by atoms with Gasteiger partial charge in [0.2, 0.25) is 0 Å². The summed E-state index contributed by atoms with van der Waals surface area (Å²) in [5.74, 6) is 1.35. The van der Waals surface area contributed by atoms with Crippen molar-refractivity contribution in [2.45, 2.75) is 33.6 Å². The number of benzene rings is 1. The van der Waals surface area contributed by atoms with Crippen LogP contribution < -0.4 is 9.47 Å². The van der Waals surface area contributed by atoms with Crippen molar-refractivity contribution in [3.63, 3.8) is 0 Å². The zero-order chi connectivity index (χ0) is 14.8. The van der Waals surface area contributed by atoms with Crippen LogP contribution in [0.15, 0.2) is 18.2 Å². The molecule has 0 amide bonds. The molecule has 1 aromatic carbocycles. The summed E-state index contributed by atoms with van der Waals surface area (Å²) in [7, 11) is 0. The number of hydrogen-bond acceptors (Lipinski definition) is 4. The number of ketones is 1. The molecule has 0 spiro atoms. The van der Waals surface area contributed by atoms with Crippen LogP contribution >= 0.6 is 0 Å². The smallest absolute Gasteiger partial charge is 0.165 e. The molecule has 0 unspecified atom stereocenters. The Morgan fingerprint density at radius 2 is 1.70 bits per heavy atom. The van der Waals surface area contributed by atoms with Gasteiger partial charge in [0.15, 0.2) is 17.3 Å². The van der Waals surface area contributed by atoms with Gasteiger partial charge >= 0.3 is 0 Å². The lowest BCUT2D eigenvalue weighted by molar-refractivity contribution is 0.0878. The molecule has 0 heterocycles. The summed E-state index contributed by atoms with van der Waals surface area (Å²) in [6.07, 6.45) is 1.35. The first kappa shape index (κ1) is 16.5. The maximum atomic E-state index is 12.1. The summed E-state index contributed by atoms with van der Waals surface area (Å²) >= 11 is 0. The molecule has 0 aliphatic heterocycles. The molecule has 0 aliphatic rings. The molecule has 0 N–H and O–H groups in total. The predicted octanol–water partition coefficient (Wildman–Crippen LogP) is 3.48. The fourth-order valence-electron chi connectivity index (χ4n) is 1.78. The molecule has 0 saturated carbocycles. The lowest BCUT2D eigenvalue weighted by atomic mass is 10.1. The number of ether oxygens (including phenoxy) is 3. The monoisotopic (exact) mass is 280 g/mol. The van der Waals surface area contributed by atoms with Crippen LogP contribution in [-0.4, -0.2) is 32.2 Å². The summed E-state index contributed by atoms with van der Waals surface area (Å²) in [6, 6.07) is 5.31. The molecule has 0 saturated heterocycles. The molecule has 0 radical (unpaired) electrons. The third kappa shape index (κ3) is 5.21. The van der Waals surface area contributed by atoms with Gasteiger partial charge in [0.1, 0.15) is 0 Å². The van der Waals surface area contributed by atoms with Crippen molar-refractivity contribution in [3.8, 4) is 11.5 Å². The molecule has 0 aromatic heterocycles. The summed E-state index contributed by atoms with van der Waals surface area (Å²) in [6.45, 7) is 8.13. The SMILES string of the molecule is CCCOCCC(=O)c1ccc(OCC)c(OCC)c1. The van der Waals surface area contributed by atoms with Crippen molar-refractivity contribution in [2.24, 2.45) is 0 Å². The Kier molecular flexibility index (Phi) is 7.73. The van der Waals surface area contributed by atoms with Crippen molar-refractivity contribution in [1.82, 2.24) is 0 Å². The van der Waals surface area contributed by atoms with Gasteiger partial charge in [-0.25, -0.2) is 0 Å². The standard InChI is InChI=1S/C16H24O4/c1-4-10-18-11-9-14(17)13-7-8-15(19-5-2)16(12-13)20-6-3/h7-8,12H,4-6,9-11H2,1-3H3. The Hall–Kier alpha value is -1.55. The van der Waals surface area contributed by atoms with Crippen LogP contribution in [0.3, 0.4) is 0 Å². The third-order valence-electron chi connectivity index (χ3n) is 2.69. The van der Waals surface area contributed by atoms with Crippen molar-refractivity contribution >= 4 is 5.78 Å². The van der Waals surface area contributed by atoms with E-state index in [9.17, 15) is 4.79 Å². The van der Waals surface area contributed by atoms with E-state index in [1.54, 1.807) is 18.2 Å². The Morgan fingerprint density at radius 3 is 2.35 bits per heavy atom. The van der Waals surface area contributed by atoms with Crippen LogP contribution in [0.1, 0.15) is 44.0 Å². The molecule has 1 aromatic rings. The Morgan fingerprint density at radius 1 is 1.00 bits per heavy atom. The molecule has 0 atom stereocenters. The average Bonchev–Trinajstić information content (AvgIpc) is 2.45. The Labute approximate surface area is 121 Å². The molecular weight excluding hydrogens is 256 g/mol. The van der Waals surface area contributed by atoms with E-state index in [0.29, 0.717) is 49.9 Å². The minimum absolute atomic E-state index is 0.0603. The van der Waals surface area contributed by atoms with E-state index in [0.717, 1.165) is 6.42 Å². The summed E-state index contributed by atoms with van der Waals surface area (Å²) < 4.78 is 16.3. The van der Waals surface area contributed by atoms with Crippen LogP contribution in [0.2, 0.25) is 0 Å². The first-order valence-corrected chi connectivity index (χ1v) is 7.23. The number of carbonyl (C=O) groups excluding carboxylic acids is 1. The van der Waals surface area contributed by atoms with Crippen molar-refractivity contribution in [1.29, 1.82) is 0 Å². The summed E-state index contributed by atoms with van der Waals surface area (Å²) in [4.78, 5) is 12.1. The van der Waals surface area contributed by atoms with Crippen LogP contribution in [0.25, 0.3) is 0 Å². The van der Waals surface area contributed by atoms with Gasteiger partial charge in [0.25, 0.3) is 0 Å². The highest BCUT2D eigenvalue weighted by Gasteiger charge is 2.11. The highest BCUT2D eigenvalue weighted by molar-refractivity contribution is 5.96. The maximum absolute atomic E-state index is 12.1. The van der Waals surface area contributed by atoms with Crippen LogP contribution in [-0.2, 0) is 4.74 Å². The van der Waals surface area contributed by atoms with Crippen LogP contribution in [0, 0.1) is 0 Å². The molecule has 0 bridgehead atoms. The van der Waals surface area contributed by atoms with E-state index in [2.05, 4.69) is 0 Å². The number of carbonyl (C=O) groups is 1. The fraction of sp³-hybridized carbons (Fsp3) is 0.562. The van der Waals surface area contributed by atoms with Gasteiger partial charge < -0.3 is 14.2 Å². The Bertz CT molecular complexity index is 415. The number of Topliss-reactive ketones (excluding diaryl/α,β-unsaturated/α-hetero) is 1. The van der Waals surface area contributed by atoms with E-state index < -0.39 is 0 Å². The quantitative estimate of drug-likeness (QED) is 0.486. The van der Waals surface area contributed by atoms with Gasteiger partial charge in [-0.05, 0) is 38.5 Å². The molecule has 4 heteroatoms. The van der Waals surface area contributed by atoms with Crippen LogP contribution in [0.5, 0.6) is 11.5 Å². The molecular formula is C16H24O4. The van der Waals surface area contributed by atoms with Gasteiger partial charge in [-0.3, -0.25) is 4.79 Å². The maximum Gasteiger partial charge on any atom is 0.165 e. The zero-order valence-electron chi connectivity index (χ0n) is 12.6. The van der Waals surface area contributed by atoms with Gasteiger partial charge in [0, 0.05) is 18.6 Å². The summed E-state index contributed by atoms with van der Waals surface area (Å²) in [5.41, 5.74) is 0.636. The minimum Gasteiger partial charge on any atom is -0.490 e. The van der Waals surface area contributed by atoms with E-state index in [1.807, 2.05) is 20.8 Å². The average molecular weight is 280 g/mol. The molecule has 0 fully saturated rings. The second-order valence-corrected chi connectivity index (χ2v) is 4.31. The molecule has 1 rings (SSSR count). The van der Waals surface area contributed by atoms with Gasteiger partial charge in [0.05, 0.1) is 19.8 Å². The molecule has 20 heavy (non-hydrogen) atoms. The van der Waals surface area contributed by atoms with Gasteiger partial charge in [-0.15, -0.1) is 0 Å². The predicted molar refractivity (Wildman–Crippen MR) is 78.8 cm³/mol. The topological polar surface area (TPSA) is 44.8 Å². The van der Waals surface area contributed by atoms with Crippen molar-refractivity contribution in [3.05, 3.63) is 23.8 Å². The largest absolute Gasteiger partial charge is 0.490 e. The van der Waals surface area contributed by atoms with Gasteiger partial charge in [-0.2, -0.15) is 0 Å². The van der Waals surface area contributed by atoms with Crippen LogP contribution in [0.4, 0.5) is 0 Å². The number of rotatable bonds is 10. The second kappa shape index (κ2) is 9.37. The Balaban J connectivity index is 2.69. The first-order valence-electron chi connectivity index (χ1n) is 7.23. The molecule has 0 aliphatic carbocycles. The second-order valence-electron chi connectivity index (χ2n) is 4.31. The summed E-state index contributed by atoms with van der Waals surface area (Å²) in [5, 5.41) is 0. The third-order valence-corrected chi connectivity index (χ3v) is 2.69. The lowest BCUT2D eigenvalue weighted by Gasteiger charge is -2.12. The van der Waals surface area contributed by atoms with Crippen molar-refractivity contribution < 1.29 is 19.0 Å². The van der Waals surface area contributed by atoms with Gasteiger partial charge in [-0.1, -0.05) is 6.92 Å². The van der Waals surface area contributed by atoms with E-state index in [-0.39, 0.29) is 5.78 Å². The minimum atomic E-state index is 0.0603. The van der Waals surface area contributed by atoms with E-state index in [1.165, 1.54) is 0 Å².